The fraction of sp³-hybridized carbons (Fsp3) is 0.320. The Bertz CT molecular complexity index is 1110. The molecule has 0 saturated carbocycles. The lowest BCUT2D eigenvalue weighted by molar-refractivity contribution is -0.118. The number of aryl methyl sites for hydroxylation is 3. The molecule has 1 N–H and O–H groups in total. The number of carbonyl (C=O) groups is 3. The van der Waals surface area contributed by atoms with Gasteiger partial charge in [0.15, 0.2) is 0 Å². The van der Waals surface area contributed by atoms with Gasteiger partial charge >= 0.3 is 0 Å². The Hall–Kier alpha value is -3.79. The van der Waals surface area contributed by atoms with Crippen molar-refractivity contribution in [3.63, 3.8) is 0 Å². The zero-order valence-corrected chi connectivity index (χ0v) is 19.3. The minimum Gasteiger partial charge on any atom is -0.355 e. The van der Waals surface area contributed by atoms with Crippen molar-refractivity contribution < 1.29 is 14.4 Å². The van der Waals surface area contributed by atoms with Crippen LogP contribution in [-0.2, 0) is 16.1 Å². The summed E-state index contributed by atoms with van der Waals surface area (Å²) in [5.74, 6) is -1.27. The van der Waals surface area contributed by atoms with Crippen LogP contribution < -0.4 is 5.32 Å². The van der Waals surface area contributed by atoms with Crippen LogP contribution in [0.5, 0.6) is 0 Å². The molecule has 0 radical (unpaired) electrons. The summed E-state index contributed by atoms with van der Waals surface area (Å²) in [6.07, 6.45) is 0.560. The van der Waals surface area contributed by atoms with E-state index in [1.54, 1.807) is 32.9 Å². The van der Waals surface area contributed by atoms with Crippen molar-refractivity contribution in [2.45, 2.75) is 41.2 Å². The Balaban J connectivity index is 2.73. The van der Waals surface area contributed by atoms with Crippen molar-refractivity contribution in [3.05, 3.63) is 75.2 Å². The van der Waals surface area contributed by atoms with Gasteiger partial charge in [0.2, 0.25) is 18.1 Å². The molecule has 0 aliphatic rings. The fourth-order valence-corrected chi connectivity index (χ4v) is 3.68. The third kappa shape index (κ3) is 5.67. The van der Waals surface area contributed by atoms with E-state index in [0.29, 0.717) is 12.0 Å². The molecule has 0 atom stereocenters. The van der Waals surface area contributed by atoms with Crippen LogP contribution in [0.1, 0.15) is 52.3 Å². The van der Waals surface area contributed by atoms with E-state index in [0.717, 1.165) is 22.5 Å². The highest BCUT2D eigenvalue weighted by atomic mass is 16.2. The topological polar surface area (TPSA) is 103 Å². The van der Waals surface area contributed by atoms with Gasteiger partial charge in [0.05, 0.1) is 18.2 Å². The number of pyridine rings is 1. The number of carbonyl (C=O) groups excluding carboxylic acids is 3. The first kappa shape index (κ1) is 24.5. The zero-order valence-electron chi connectivity index (χ0n) is 19.3. The van der Waals surface area contributed by atoms with Crippen molar-refractivity contribution in [3.8, 4) is 6.07 Å². The molecule has 2 amide bonds. The summed E-state index contributed by atoms with van der Waals surface area (Å²) in [4.78, 5) is 44.3. The largest absolute Gasteiger partial charge is 0.355 e. The molecule has 1 aromatic heterocycles. The molecule has 7 heteroatoms. The quantitative estimate of drug-likeness (QED) is 0.391. The predicted molar refractivity (Wildman–Crippen MR) is 121 cm³/mol. The summed E-state index contributed by atoms with van der Waals surface area (Å²) in [5, 5.41) is 11.9. The van der Waals surface area contributed by atoms with Gasteiger partial charge in [0, 0.05) is 29.6 Å². The Morgan fingerprint density at radius 1 is 1.12 bits per heavy atom. The zero-order chi connectivity index (χ0) is 24.0. The Morgan fingerprint density at radius 3 is 2.25 bits per heavy atom. The van der Waals surface area contributed by atoms with E-state index >= 15 is 0 Å². The number of aromatic nitrogens is 1. The molecule has 32 heavy (non-hydrogen) atoms. The average Bonchev–Trinajstić information content (AvgIpc) is 2.73. The molecule has 2 aromatic rings. The Kier molecular flexibility index (Phi) is 8.03. The second-order valence-corrected chi connectivity index (χ2v) is 8.02. The first-order chi connectivity index (χ1) is 15.1. The van der Waals surface area contributed by atoms with E-state index in [-0.39, 0.29) is 29.3 Å². The molecule has 7 nitrogen and oxygen atoms in total. The minimum atomic E-state index is -0.493. The van der Waals surface area contributed by atoms with E-state index < -0.39 is 11.7 Å². The minimum absolute atomic E-state index is 0.00374. The van der Waals surface area contributed by atoms with Gasteiger partial charge in [-0.15, -0.1) is 0 Å². The molecule has 166 valence electrons. The number of nitrogens with zero attached hydrogens (tertiary/aromatic N) is 3. The van der Waals surface area contributed by atoms with Crippen LogP contribution >= 0.6 is 0 Å². The highest BCUT2D eigenvalue weighted by Gasteiger charge is 2.29. The number of amides is 2. The summed E-state index contributed by atoms with van der Waals surface area (Å²) >= 11 is 0. The van der Waals surface area contributed by atoms with Crippen molar-refractivity contribution in [2.75, 3.05) is 7.05 Å². The van der Waals surface area contributed by atoms with Crippen LogP contribution in [0.15, 0.2) is 41.6 Å². The summed E-state index contributed by atoms with van der Waals surface area (Å²) in [6, 6.07) is 10.5. The number of Topliss-reactive ketones (excluding diaryl/α,β-unsaturated/α-hetero) is 1. The fourth-order valence-electron chi connectivity index (χ4n) is 3.68. The molecule has 1 heterocycles. The molecular formula is C25H28N4O3. The molecule has 0 bridgehead atoms. The SMILES string of the molecule is CNC(=O)/C(=C(/C(=O)c1cc(C)cc(C#N)c1)N(C=O)Cc1cc(C)nc(C)c1)C(C)C. The summed E-state index contributed by atoms with van der Waals surface area (Å²) in [7, 11) is 1.48. The van der Waals surface area contributed by atoms with E-state index in [1.165, 1.54) is 18.0 Å². The number of ketones is 1. The van der Waals surface area contributed by atoms with E-state index in [1.807, 2.05) is 32.0 Å². The lowest BCUT2D eigenvalue weighted by atomic mass is 9.93. The van der Waals surface area contributed by atoms with Crippen LogP contribution in [0.4, 0.5) is 0 Å². The second-order valence-electron chi connectivity index (χ2n) is 8.02. The molecule has 0 aliphatic carbocycles. The van der Waals surface area contributed by atoms with Crippen molar-refractivity contribution in [1.82, 2.24) is 15.2 Å². The van der Waals surface area contributed by atoms with Crippen LogP contribution in [0.2, 0.25) is 0 Å². The summed E-state index contributed by atoms with van der Waals surface area (Å²) < 4.78 is 0. The number of rotatable bonds is 8. The maximum Gasteiger partial charge on any atom is 0.249 e. The highest BCUT2D eigenvalue weighted by Crippen LogP contribution is 2.25. The Morgan fingerprint density at radius 2 is 1.75 bits per heavy atom. The molecule has 0 fully saturated rings. The second kappa shape index (κ2) is 10.5. The number of nitrogens with one attached hydrogen (secondary N) is 1. The Labute approximate surface area is 188 Å². The van der Waals surface area contributed by atoms with Gasteiger partial charge in [-0.3, -0.25) is 19.4 Å². The maximum absolute atomic E-state index is 13.7. The van der Waals surface area contributed by atoms with Gasteiger partial charge in [-0.2, -0.15) is 5.26 Å². The molecule has 0 aliphatic heterocycles. The van der Waals surface area contributed by atoms with Crippen LogP contribution in [-0.4, -0.2) is 35.0 Å². The average molecular weight is 433 g/mol. The number of nitriles is 1. The molecule has 0 unspecified atom stereocenters. The molecule has 2 rings (SSSR count). The monoisotopic (exact) mass is 432 g/mol. The molecular weight excluding hydrogens is 404 g/mol. The lowest BCUT2D eigenvalue weighted by Crippen LogP contribution is -2.34. The van der Waals surface area contributed by atoms with Gasteiger partial charge in [-0.25, -0.2) is 0 Å². The van der Waals surface area contributed by atoms with Crippen molar-refractivity contribution >= 4 is 18.1 Å². The van der Waals surface area contributed by atoms with Gasteiger partial charge in [0.1, 0.15) is 5.70 Å². The highest BCUT2D eigenvalue weighted by molar-refractivity contribution is 6.14. The number of hydrogen-bond donors (Lipinski definition) is 1. The van der Waals surface area contributed by atoms with Crippen molar-refractivity contribution in [2.24, 2.45) is 5.92 Å². The normalized spacial score (nSPS) is 11.4. The number of allylic oxidation sites excluding steroid dienone is 1. The summed E-state index contributed by atoms with van der Waals surface area (Å²) in [5.41, 5.74) is 3.86. The maximum atomic E-state index is 13.7. The van der Waals surface area contributed by atoms with Crippen LogP contribution in [0.25, 0.3) is 0 Å². The molecule has 1 aromatic carbocycles. The van der Waals surface area contributed by atoms with E-state index in [4.69, 9.17) is 0 Å². The third-order valence-electron chi connectivity index (χ3n) is 4.90. The molecule has 0 spiro atoms. The van der Waals surface area contributed by atoms with Gasteiger partial charge < -0.3 is 10.2 Å². The van der Waals surface area contributed by atoms with Gasteiger partial charge in [-0.1, -0.05) is 13.8 Å². The van der Waals surface area contributed by atoms with E-state index in [2.05, 4.69) is 10.3 Å². The van der Waals surface area contributed by atoms with Crippen LogP contribution in [0, 0.1) is 38.0 Å². The first-order valence-corrected chi connectivity index (χ1v) is 10.3. The third-order valence-corrected chi connectivity index (χ3v) is 4.90. The van der Waals surface area contributed by atoms with Crippen LogP contribution in [0.3, 0.4) is 0 Å². The molecule has 0 saturated heterocycles. The van der Waals surface area contributed by atoms with Gasteiger partial charge in [0.25, 0.3) is 0 Å². The summed E-state index contributed by atoms with van der Waals surface area (Å²) in [6.45, 7) is 9.16. The standard InChI is InChI=1S/C25H28N4O3/c1-15(2)22(25(32)27-6)23(24(31)21-8-16(3)7-19(11-21)12-26)29(14-30)13-20-9-17(4)28-18(5)10-20/h7-11,14-15H,13H2,1-6H3,(H,27,32)/b23-22-. The van der Waals surface area contributed by atoms with E-state index in [9.17, 15) is 19.6 Å². The smallest absolute Gasteiger partial charge is 0.249 e. The predicted octanol–water partition coefficient (Wildman–Crippen LogP) is 3.38. The number of hydrogen-bond acceptors (Lipinski definition) is 5. The van der Waals surface area contributed by atoms with Crippen molar-refractivity contribution in [1.29, 1.82) is 5.26 Å². The first-order valence-electron chi connectivity index (χ1n) is 10.3. The number of likely N-dealkylation sites (N-methyl/N-ethyl adjacent to an activating group) is 1. The lowest BCUT2D eigenvalue weighted by Gasteiger charge is -2.25. The number of benzene rings is 1. The van der Waals surface area contributed by atoms with Gasteiger partial charge in [-0.05, 0) is 68.1 Å².